The number of carboxylic acid groups (broad SMARTS) is 1. The van der Waals surface area contributed by atoms with Crippen molar-refractivity contribution in [1.82, 2.24) is 4.90 Å². The lowest BCUT2D eigenvalue weighted by Crippen LogP contribution is -2.34. The molecule has 1 N–H and O–H groups in total. The quantitative estimate of drug-likeness (QED) is 0.910. The minimum absolute atomic E-state index is 0.537. The standard InChI is InChI=1S/C14H20N2O3/c1-2-19-13-7-4-3-6-12(13)15-8-5-9-16(11-10-15)14(17)18/h3-4,6-7H,2,5,8-11H2,1H3,(H,17,18). The molecule has 104 valence electrons. The number of para-hydroxylation sites is 2. The van der Waals surface area contributed by atoms with E-state index in [1.165, 1.54) is 4.90 Å². The molecule has 19 heavy (non-hydrogen) atoms. The predicted molar refractivity (Wildman–Crippen MR) is 74.0 cm³/mol. The highest BCUT2D eigenvalue weighted by molar-refractivity contribution is 5.65. The van der Waals surface area contributed by atoms with E-state index in [2.05, 4.69) is 4.90 Å². The number of benzene rings is 1. The molecule has 0 unspecified atom stereocenters. The summed E-state index contributed by atoms with van der Waals surface area (Å²) in [5.41, 5.74) is 1.05. The second kappa shape index (κ2) is 6.31. The van der Waals surface area contributed by atoms with Crippen LogP contribution < -0.4 is 9.64 Å². The fourth-order valence-corrected chi connectivity index (χ4v) is 2.35. The van der Waals surface area contributed by atoms with Crippen molar-refractivity contribution in [2.75, 3.05) is 37.7 Å². The molecule has 1 aliphatic heterocycles. The number of amides is 1. The molecule has 1 aliphatic rings. The third-order valence-electron chi connectivity index (χ3n) is 3.27. The second-order valence-corrected chi connectivity index (χ2v) is 4.51. The van der Waals surface area contributed by atoms with Crippen molar-refractivity contribution in [2.24, 2.45) is 0 Å². The van der Waals surface area contributed by atoms with Crippen molar-refractivity contribution in [1.29, 1.82) is 0 Å². The summed E-state index contributed by atoms with van der Waals surface area (Å²) < 4.78 is 5.63. The number of hydrogen-bond donors (Lipinski definition) is 1. The van der Waals surface area contributed by atoms with Crippen LogP contribution in [0.25, 0.3) is 0 Å². The Morgan fingerprint density at radius 2 is 2.05 bits per heavy atom. The molecule has 5 heteroatoms. The summed E-state index contributed by atoms with van der Waals surface area (Å²) in [6, 6.07) is 7.92. The van der Waals surface area contributed by atoms with Crippen LogP contribution in [0, 0.1) is 0 Å². The van der Waals surface area contributed by atoms with Crippen molar-refractivity contribution >= 4 is 11.8 Å². The first kappa shape index (κ1) is 13.5. The number of anilines is 1. The molecule has 1 aromatic carbocycles. The van der Waals surface area contributed by atoms with Crippen molar-refractivity contribution in [3.63, 3.8) is 0 Å². The van der Waals surface area contributed by atoms with Crippen LogP contribution in [0.2, 0.25) is 0 Å². The van der Waals surface area contributed by atoms with Gasteiger partial charge in [0.15, 0.2) is 0 Å². The van der Waals surface area contributed by atoms with Crippen LogP contribution >= 0.6 is 0 Å². The first-order valence-corrected chi connectivity index (χ1v) is 6.67. The second-order valence-electron chi connectivity index (χ2n) is 4.51. The summed E-state index contributed by atoms with van der Waals surface area (Å²) in [5, 5.41) is 9.04. The van der Waals surface area contributed by atoms with E-state index in [-0.39, 0.29) is 0 Å². The topological polar surface area (TPSA) is 53.0 Å². The maximum Gasteiger partial charge on any atom is 0.407 e. The Hall–Kier alpha value is -1.91. The monoisotopic (exact) mass is 264 g/mol. The zero-order chi connectivity index (χ0) is 13.7. The first-order valence-electron chi connectivity index (χ1n) is 6.67. The fraction of sp³-hybridized carbons (Fsp3) is 0.500. The average molecular weight is 264 g/mol. The van der Waals surface area contributed by atoms with E-state index in [1.807, 2.05) is 31.2 Å². The van der Waals surface area contributed by atoms with Crippen LogP contribution in [-0.2, 0) is 0 Å². The Morgan fingerprint density at radius 1 is 1.26 bits per heavy atom. The summed E-state index contributed by atoms with van der Waals surface area (Å²) in [6.45, 7) is 5.29. The molecule has 1 aromatic rings. The molecular formula is C14H20N2O3. The highest BCUT2D eigenvalue weighted by Gasteiger charge is 2.20. The summed E-state index contributed by atoms with van der Waals surface area (Å²) in [5.74, 6) is 0.869. The minimum atomic E-state index is -0.833. The Morgan fingerprint density at radius 3 is 2.79 bits per heavy atom. The molecule has 0 saturated carbocycles. The summed E-state index contributed by atoms with van der Waals surface area (Å²) >= 11 is 0. The molecule has 0 aromatic heterocycles. The van der Waals surface area contributed by atoms with Gasteiger partial charge in [-0.15, -0.1) is 0 Å². The van der Waals surface area contributed by atoms with Gasteiger partial charge in [-0.3, -0.25) is 0 Å². The van der Waals surface area contributed by atoms with Crippen LogP contribution in [0.15, 0.2) is 24.3 Å². The number of nitrogens with zero attached hydrogens (tertiary/aromatic N) is 2. The molecule has 0 atom stereocenters. The Labute approximate surface area is 113 Å². The normalized spacial score (nSPS) is 16.1. The Balaban J connectivity index is 2.11. The maximum atomic E-state index is 11.0. The zero-order valence-electron chi connectivity index (χ0n) is 11.2. The number of hydrogen-bond acceptors (Lipinski definition) is 3. The third-order valence-corrected chi connectivity index (χ3v) is 3.27. The van der Waals surface area contributed by atoms with E-state index in [1.54, 1.807) is 0 Å². The molecule has 0 aliphatic carbocycles. The molecule has 1 heterocycles. The van der Waals surface area contributed by atoms with Gasteiger partial charge in [0.25, 0.3) is 0 Å². The highest BCUT2D eigenvalue weighted by atomic mass is 16.5. The third kappa shape index (κ3) is 3.30. The van der Waals surface area contributed by atoms with Crippen molar-refractivity contribution < 1.29 is 14.6 Å². The van der Waals surface area contributed by atoms with Crippen molar-refractivity contribution in [2.45, 2.75) is 13.3 Å². The SMILES string of the molecule is CCOc1ccccc1N1CCCN(C(=O)O)CC1. The summed E-state index contributed by atoms with van der Waals surface area (Å²) in [7, 11) is 0. The summed E-state index contributed by atoms with van der Waals surface area (Å²) in [4.78, 5) is 14.7. The van der Waals surface area contributed by atoms with Crippen LogP contribution in [0.4, 0.5) is 10.5 Å². The van der Waals surface area contributed by atoms with Gasteiger partial charge in [0.1, 0.15) is 5.75 Å². The van der Waals surface area contributed by atoms with E-state index in [4.69, 9.17) is 9.84 Å². The molecule has 5 nitrogen and oxygen atoms in total. The van der Waals surface area contributed by atoms with Gasteiger partial charge >= 0.3 is 6.09 Å². The van der Waals surface area contributed by atoms with Gasteiger partial charge in [-0.05, 0) is 25.5 Å². The van der Waals surface area contributed by atoms with Gasteiger partial charge in [-0.1, -0.05) is 12.1 Å². The van der Waals surface area contributed by atoms with Gasteiger partial charge in [0.2, 0.25) is 0 Å². The van der Waals surface area contributed by atoms with Crippen molar-refractivity contribution in [3.05, 3.63) is 24.3 Å². The lowest BCUT2D eigenvalue weighted by molar-refractivity contribution is 0.148. The van der Waals surface area contributed by atoms with E-state index in [9.17, 15) is 4.79 Å². The molecular weight excluding hydrogens is 244 g/mol. The fourth-order valence-electron chi connectivity index (χ4n) is 2.35. The van der Waals surface area contributed by atoms with Crippen molar-refractivity contribution in [3.8, 4) is 5.75 Å². The molecule has 1 fully saturated rings. The molecule has 0 radical (unpaired) electrons. The van der Waals surface area contributed by atoms with Crippen LogP contribution in [0.1, 0.15) is 13.3 Å². The lowest BCUT2D eigenvalue weighted by atomic mass is 10.2. The van der Waals surface area contributed by atoms with E-state index in [0.717, 1.165) is 24.4 Å². The van der Waals surface area contributed by atoms with Gasteiger partial charge < -0.3 is 19.6 Å². The van der Waals surface area contributed by atoms with E-state index in [0.29, 0.717) is 26.2 Å². The van der Waals surface area contributed by atoms with E-state index >= 15 is 0 Å². The van der Waals surface area contributed by atoms with Crippen LogP contribution in [-0.4, -0.2) is 48.9 Å². The van der Waals surface area contributed by atoms with E-state index < -0.39 is 6.09 Å². The molecule has 0 spiro atoms. The Kier molecular flexibility index (Phi) is 4.49. The van der Waals surface area contributed by atoms with Gasteiger partial charge in [-0.2, -0.15) is 0 Å². The largest absolute Gasteiger partial charge is 0.492 e. The molecule has 0 bridgehead atoms. The van der Waals surface area contributed by atoms with Gasteiger partial charge in [-0.25, -0.2) is 4.79 Å². The molecule has 2 rings (SSSR count). The smallest absolute Gasteiger partial charge is 0.407 e. The predicted octanol–water partition coefficient (Wildman–Crippen LogP) is 2.28. The highest BCUT2D eigenvalue weighted by Crippen LogP contribution is 2.28. The van der Waals surface area contributed by atoms with Crippen LogP contribution in [0.3, 0.4) is 0 Å². The maximum absolute atomic E-state index is 11.0. The summed E-state index contributed by atoms with van der Waals surface area (Å²) in [6.07, 6.45) is 0.00665. The van der Waals surface area contributed by atoms with Gasteiger partial charge in [0, 0.05) is 26.2 Å². The lowest BCUT2D eigenvalue weighted by Gasteiger charge is -2.25. The minimum Gasteiger partial charge on any atom is -0.492 e. The zero-order valence-corrected chi connectivity index (χ0v) is 11.2. The number of rotatable bonds is 3. The molecule has 1 saturated heterocycles. The van der Waals surface area contributed by atoms with Gasteiger partial charge in [0.05, 0.1) is 12.3 Å². The number of ether oxygens (including phenoxy) is 1. The number of carbonyl (C=O) groups is 1. The van der Waals surface area contributed by atoms with Crippen LogP contribution in [0.5, 0.6) is 5.75 Å². The first-order chi connectivity index (χ1) is 9.22. The Bertz CT molecular complexity index is 436. The average Bonchev–Trinajstić information content (AvgIpc) is 2.65. The molecule has 1 amide bonds.